The first-order valence-corrected chi connectivity index (χ1v) is 10.8. The second-order valence-electron chi connectivity index (χ2n) is 8.33. The third-order valence-electron chi connectivity index (χ3n) is 5.79. The number of H-pyrrole nitrogens is 1. The van der Waals surface area contributed by atoms with Crippen LogP contribution in [-0.4, -0.2) is 46.5 Å². The smallest absolute Gasteiger partial charge is 0.274 e. The van der Waals surface area contributed by atoms with E-state index < -0.39 is 0 Å². The van der Waals surface area contributed by atoms with Crippen LogP contribution in [-0.2, 0) is 11.2 Å². The predicted octanol–water partition coefficient (Wildman–Crippen LogP) is 3.63. The Balaban J connectivity index is 1.56. The van der Waals surface area contributed by atoms with Gasteiger partial charge in [-0.15, -0.1) is 0 Å². The Labute approximate surface area is 182 Å². The van der Waals surface area contributed by atoms with Gasteiger partial charge in [0.15, 0.2) is 0 Å². The minimum absolute atomic E-state index is 0.0111. The summed E-state index contributed by atoms with van der Waals surface area (Å²) in [4.78, 5) is 27.6. The Bertz CT molecular complexity index is 1060. The Kier molecular flexibility index (Phi) is 6.16. The van der Waals surface area contributed by atoms with Crippen molar-refractivity contribution in [3.05, 3.63) is 77.6 Å². The van der Waals surface area contributed by atoms with Crippen molar-refractivity contribution in [3.63, 3.8) is 0 Å². The van der Waals surface area contributed by atoms with E-state index in [0.29, 0.717) is 31.7 Å². The average molecular weight is 417 g/mol. The molecule has 3 aromatic rings. The molecular weight excluding hydrogens is 388 g/mol. The van der Waals surface area contributed by atoms with Crippen LogP contribution >= 0.6 is 0 Å². The molecule has 1 saturated heterocycles. The van der Waals surface area contributed by atoms with Crippen molar-refractivity contribution < 1.29 is 9.59 Å². The van der Waals surface area contributed by atoms with E-state index in [1.54, 1.807) is 4.90 Å². The molecule has 0 saturated carbocycles. The van der Waals surface area contributed by atoms with Crippen LogP contribution in [0.1, 0.15) is 41.5 Å². The Hall–Kier alpha value is -3.41. The topological polar surface area (TPSA) is 78.1 Å². The minimum Gasteiger partial charge on any atom is -0.354 e. The molecule has 160 valence electrons. The van der Waals surface area contributed by atoms with Crippen LogP contribution in [0.4, 0.5) is 0 Å². The predicted molar refractivity (Wildman–Crippen MR) is 121 cm³/mol. The largest absolute Gasteiger partial charge is 0.354 e. The Morgan fingerprint density at radius 1 is 1.13 bits per heavy atom. The summed E-state index contributed by atoms with van der Waals surface area (Å²) >= 11 is 0. The van der Waals surface area contributed by atoms with Gasteiger partial charge in [-0.1, -0.05) is 68.4 Å². The van der Waals surface area contributed by atoms with Crippen LogP contribution in [0.15, 0.2) is 60.7 Å². The van der Waals surface area contributed by atoms with Gasteiger partial charge in [0.1, 0.15) is 5.69 Å². The van der Waals surface area contributed by atoms with Gasteiger partial charge in [0.25, 0.3) is 5.91 Å². The molecule has 1 fully saturated rings. The molecule has 31 heavy (non-hydrogen) atoms. The minimum atomic E-state index is -0.320. The maximum atomic E-state index is 13.1. The lowest BCUT2D eigenvalue weighted by Crippen LogP contribution is -2.37. The van der Waals surface area contributed by atoms with Gasteiger partial charge in [0.2, 0.25) is 5.91 Å². The molecule has 0 spiro atoms. The molecule has 6 nitrogen and oxygen atoms in total. The third kappa shape index (κ3) is 4.68. The van der Waals surface area contributed by atoms with E-state index >= 15 is 0 Å². The number of aromatic amines is 1. The second-order valence-corrected chi connectivity index (χ2v) is 8.33. The SMILES string of the molecule is CC(C)c1cc(C(=O)N2CCNC(=O)[C@@H](Cc3ccccc3-c3ccccc3)C2)n[nH]1. The highest BCUT2D eigenvalue weighted by Gasteiger charge is 2.30. The first kappa shape index (κ1) is 20.8. The summed E-state index contributed by atoms with van der Waals surface area (Å²) in [6.45, 7) is 5.40. The van der Waals surface area contributed by atoms with E-state index in [2.05, 4.69) is 53.6 Å². The first-order chi connectivity index (χ1) is 15.0. The van der Waals surface area contributed by atoms with Crippen LogP contribution in [0.2, 0.25) is 0 Å². The number of carbonyl (C=O) groups is 2. The third-order valence-corrected chi connectivity index (χ3v) is 5.79. The number of benzene rings is 2. The van der Waals surface area contributed by atoms with E-state index in [-0.39, 0.29) is 23.7 Å². The average Bonchev–Trinajstić information content (AvgIpc) is 3.21. The molecule has 2 heterocycles. The maximum Gasteiger partial charge on any atom is 0.274 e. The molecule has 4 rings (SSSR count). The normalized spacial score (nSPS) is 16.8. The number of aromatic nitrogens is 2. The van der Waals surface area contributed by atoms with Crippen LogP contribution in [0, 0.1) is 5.92 Å². The van der Waals surface area contributed by atoms with Crippen molar-refractivity contribution >= 4 is 11.8 Å². The van der Waals surface area contributed by atoms with E-state index in [4.69, 9.17) is 0 Å². The molecule has 0 radical (unpaired) electrons. The van der Waals surface area contributed by atoms with E-state index in [9.17, 15) is 9.59 Å². The molecule has 0 bridgehead atoms. The molecule has 1 aromatic heterocycles. The Morgan fingerprint density at radius 2 is 1.87 bits per heavy atom. The Morgan fingerprint density at radius 3 is 2.61 bits per heavy atom. The standard InChI is InChI=1S/C25H28N4O2/c1-17(2)22-15-23(28-27-22)25(31)29-13-12-26-24(30)20(16-29)14-19-10-6-7-11-21(19)18-8-4-3-5-9-18/h3-11,15,17,20H,12-14,16H2,1-2H3,(H,26,30)(H,27,28)/t20-/m0/s1. The zero-order valence-electron chi connectivity index (χ0n) is 18.0. The quantitative estimate of drug-likeness (QED) is 0.667. The molecule has 1 aliphatic heterocycles. The molecule has 6 heteroatoms. The number of rotatable bonds is 5. The highest BCUT2D eigenvalue weighted by molar-refractivity contribution is 5.93. The molecule has 2 aromatic carbocycles. The van der Waals surface area contributed by atoms with Crippen molar-refractivity contribution in [3.8, 4) is 11.1 Å². The van der Waals surface area contributed by atoms with Gasteiger partial charge in [0.05, 0.1) is 5.92 Å². The monoisotopic (exact) mass is 416 g/mol. The zero-order chi connectivity index (χ0) is 21.8. The zero-order valence-corrected chi connectivity index (χ0v) is 18.0. The van der Waals surface area contributed by atoms with Gasteiger partial charge >= 0.3 is 0 Å². The van der Waals surface area contributed by atoms with E-state index in [0.717, 1.165) is 22.4 Å². The fourth-order valence-corrected chi connectivity index (χ4v) is 4.01. The maximum absolute atomic E-state index is 13.1. The number of carbonyl (C=O) groups excluding carboxylic acids is 2. The van der Waals surface area contributed by atoms with Gasteiger partial charge in [-0.3, -0.25) is 14.7 Å². The molecular formula is C25H28N4O2. The summed E-state index contributed by atoms with van der Waals surface area (Å²) in [5.74, 6) is -0.201. The molecule has 2 N–H and O–H groups in total. The molecule has 1 atom stereocenters. The lowest BCUT2D eigenvalue weighted by Gasteiger charge is -2.23. The molecule has 0 unspecified atom stereocenters. The second kappa shape index (κ2) is 9.16. The summed E-state index contributed by atoms with van der Waals surface area (Å²) in [5, 5.41) is 10.1. The van der Waals surface area contributed by atoms with E-state index in [1.165, 1.54) is 0 Å². The van der Waals surface area contributed by atoms with Gasteiger partial charge in [-0.2, -0.15) is 5.10 Å². The molecule has 2 amide bonds. The van der Waals surface area contributed by atoms with Crippen molar-refractivity contribution in [2.24, 2.45) is 5.92 Å². The highest BCUT2D eigenvalue weighted by Crippen LogP contribution is 2.26. The fourth-order valence-electron chi connectivity index (χ4n) is 4.01. The van der Waals surface area contributed by atoms with Crippen molar-refractivity contribution in [2.75, 3.05) is 19.6 Å². The molecule has 1 aliphatic rings. The highest BCUT2D eigenvalue weighted by atomic mass is 16.2. The van der Waals surface area contributed by atoms with Crippen molar-refractivity contribution in [1.29, 1.82) is 0 Å². The van der Waals surface area contributed by atoms with E-state index in [1.807, 2.05) is 36.4 Å². The lowest BCUT2D eigenvalue weighted by atomic mass is 9.91. The van der Waals surface area contributed by atoms with Gasteiger partial charge < -0.3 is 10.2 Å². The number of nitrogens with zero attached hydrogens (tertiary/aromatic N) is 2. The summed E-state index contributed by atoms with van der Waals surface area (Å²) in [6, 6.07) is 20.1. The van der Waals surface area contributed by atoms with Crippen molar-refractivity contribution in [2.45, 2.75) is 26.2 Å². The van der Waals surface area contributed by atoms with Gasteiger partial charge in [0, 0.05) is 25.3 Å². The number of hydrogen-bond donors (Lipinski definition) is 2. The van der Waals surface area contributed by atoms with Gasteiger partial charge in [-0.25, -0.2) is 0 Å². The van der Waals surface area contributed by atoms with Crippen LogP contribution in [0.25, 0.3) is 11.1 Å². The summed E-state index contributed by atoms with van der Waals surface area (Å²) < 4.78 is 0. The molecule has 0 aliphatic carbocycles. The summed E-state index contributed by atoms with van der Waals surface area (Å²) in [6.07, 6.45) is 0.568. The summed E-state index contributed by atoms with van der Waals surface area (Å²) in [7, 11) is 0. The van der Waals surface area contributed by atoms with Crippen LogP contribution in [0.5, 0.6) is 0 Å². The van der Waals surface area contributed by atoms with Crippen LogP contribution < -0.4 is 5.32 Å². The first-order valence-electron chi connectivity index (χ1n) is 10.8. The lowest BCUT2D eigenvalue weighted by molar-refractivity contribution is -0.124. The fraction of sp³-hybridized carbons (Fsp3) is 0.320. The number of nitrogens with one attached hydrogen (secondary N) is 2. The van der Waals surface area contributed by atoms with Crippen LogP contribution in [0.3, 0.4) is 0 Å². The number of amides is 2. The number of hydrogen-bond acceptors (Lipinski definition) is 3. The van der Waals surface area contributed by atoms with Crippen molar-refractivity contribution in [1.82, 2.24) is 20.4 Å². The van der Waals surface area contributed by atoms with Gasteiger partial charge in [-0.05, 0) is 35.1 Å². The summed E-state index contributed by atoms with van der Waals surface area (Å²) in [5.41, 5.74) is 4.68.